The number of piperidine rings is 1. The smallest absolute Gasteiger partial charge is 0.314 e. The van der Waals surface area contributed by atoms with Crippen LogP contribution in [-0.2, 0) is 0 Å². The van der Waals surface area contributed by atoms with Gasteiger partial charge < -0.3 is 20.4 Å². The SMILES string of the molecule is CC1CCN(CCNC(=O)NC[C@H]2CCN(c3ccc(F)cc3)C2)CC1. The Labute approximate surface area is 155 Å². The van der Waals surface area contributed by atoms with Crippen molar-refractivity contribution in [1.29, 1.82) is 0 Å². The monoisotopic (exact) mass is 362 g/mol. The first-order valence-electron chi connectivity index (χ1n) is 9.84. The van der Waals surface area contributed by atoms with Gasteiger partial charge in [-0.1, -0.05) is 6.92 Å². The molecule has 0 unspecified atom stereocenters. The minimum atomic E-state index is -0.207. The zero-order valence-electron chi connectivity index (χ0n) is 15.7. The molecule has 2 fully saturated rings. The summed E-state index contributed by atoms with van der Waals surface area (Å²) in [5, 5.41) is 5.96. The Morgan fingerprint density at radius 1 is 1.12 bits per heavy atom. The molecule has 1 aromatic carbocycles. The summed E-state index contributed by atoms with van der Waals surface area (Å²) in [5.74, 6) is 1.07. The van der Waals surface area contributed by atoms with Crippen LogP contribution < -0.4 is 15.5 Å². The van der Waals surface area contributed by atoms with E-state index in [2.05, 4.69) is 27.4 Å². The Hall–Kier alpha value is -1.82. The Balaban J connectivity index is 1.29. The van der Waals surface area contributed by atoms with Crippen molar-refractivity contribution >= 4 is 11.7 Å². The van der Waals surface area contributed by atoms with E-state index in [4.69, 9.17) is 0 Å². The van der Waals surface area contributed by atoms with Gasteiger partial charge in [0.2, 0.25) is 0 Å². The number of hydrogen-bond acceptors (Lipinski definition) is 3. The van der Waals surface area contributed by atoms with Crippen LogP contribution in [0.15, 0.2) is 24.3 Å². The van der Waals surface area contributed by atoms with Crippen molar-refractivity contribution in [2.45, 2.75) is 26.2 Å². The van der Waals surface area contributed by atoms with Gasteiger partial charge in [0.05, 0.1) is 0 Å². The van der Waals surface area contributed by atoms with Gasteiger partial charge in [-0.25, -0.2) is 9.18 Å². The van der Waals surface area contributed by atoms with Gasteiger partial charge in [-0.05, 0) is 68.5 Å². The summed E-state index contributed by atoms with van der Waals surface area (Å²) in [7, 11) is 0. The van der Waals surface area contributed by atoms with Crippen LogP contribution in [0.3, 0.4) is 0 Å². The number of urea groups is 1. The van der Waals surface area contributed by atoms with Crippen molar-refractivity contribution in [3.05, 3.63) is 30.1 Å². The van der Waals surface area contributed by atoms with Crippen LogP contribution >= 0.6 is 0 Å². The fourth-order valence-electron chi connectivity index (χ4n) is 3.80. The summed E-state index contributed by atoms with van der Waals surface area (Å²) in [6, 6.07) is 6.56. The molecular formula is C20H31FN4O. The van der Waals surface area contributed by atoms with E-state index in [0.29, 0.717) is 19.0 Å². The molecule has 2 saturated heterocycles. The zero-order chi connectivity index (χ0) is 18.4. The van der Waals surface area contributed by atoms with Gasteiger partial charge in [-0.2, -0.15) is 0 Å². The maximum atomic E-state index is 13.0. The number of anilines is 1. The summed E-state index contributed by atoms with van der Waals surface area (Å²) >= 11 is 0. The molecule has 5 nitrogen and oxygen atoms in total. The fraction of sp³-hybridized carbons (Fsp3) is 0.650. The molecule has 0 aliphatic carbocycles. The van der Waals surface area contributed by atoms with Crippen molar-refractivity contribution in [1.82, 2.24) is 15.5 Å². The second-order valence-corrected chi connectivity index (χ2v) is 7.74. The van der Waals surface area contributed by atoms with Crippen molar-refractivity contribution in [3.63, 3.8) is 0 Å². The average molecular weight is 362 g/mol. The number of nitrogens with one attached hydrogen (secondary N) is 2. The number of hydrogen-bond donors (Lipinski definition) is 2. The summed E-state index contributed by atoms with van der Waals surface area (Å²) in [6.45, 7) is 8.77. The molecule has 0 saturated carbocycles. The van der Waals surface area contributed by atoms with Crippen LogP contribution in [0.25, 0.3) is 0 Å². The lowest BCUT2D eigenvalue weighted by atomic mass is 9.99. The minimum absolute atomic E-state index is 0.0735. The van der Waals surface area contributed by atoms with Crippen LogP contribution in [0.1, 0.15) is 26.2 Å². The van der Waals surface area contributed by atoms with Gasteiger partial charge in [0.25, 0.3) is 0 Å². The highest BCUT2D eigenvalue weighted by atomic mass is 19.1. The Kier molecular flexibility index (Phi) is 6.72. The molecule has 0 bridgehead atoms. The highest BCUT2D eigenvalue weighted by Crippen LogP contribution is 2.23. The molecule has 0 radical (unpaired) electrons. The van der Waals surface area contributed by atoms with Gasteiger partial charge in [-0.3, -0.25) is 0 Å². The van der Waals surface area contributed by atoms with E-state index in [1.165, 1.54) is 25.0 Å². The van der Waals surface area contributed by atoms with Gasteiger partial charge in [0.15, 0.2) is 0 Å². The Morgan fingerprint density at radius 2 is 1.85 bits per heavy atom. The number of rotatable bonds is 6. The summed E-state index contributed by atoms with van der Waals surface area (Å²) in [4.78, 5) is 16.7. The topological polar surface area (TPSA) is 47.6 Å². The second kappa shape index (κ2) is 9.21. The number of benzene rings is 1. The van der Waals surface area contributed by atoms with Gasteiger partial charge in [-0.15, -0.1) is 0 Å². The first-order valence-corrected chi connectivity index (χ1v) is 9.84. The van der Waals surface area contributed by atoms with Crippen LogP contribution in [0.2, 0.25) is 0 Å². The third-order valence-corrected chi connectivity index (χ3v) is 5.62. The molecule has 6 heteroatoms. The standard InChI is InChI=1S/C20H31FN4O/c1-16-6-10-24(11-7-16)13-9-22-20(26)23-14-17-8-12-25(15-17)19-4-2-18(21)3-5-19/h2-5,16-17H,6-15H2,1H3,(H2,22,23,26)/t17-/m1/s1. The summed E-state index contributed by atoms with van der Waals surface area (Å²) < 4.78 is 13.0. The lowest BCUT2D eigenvalue weighted by Gasteiger charge is -2.30. The fourth-order valence-corrected chi connectivity index (χ4v) is 3.80. The van der Waals surface area contributed by atoms with Gasteiger partial charge >= 0.3 is 6.03 Å². The first kappa shape index (κ1) is 19.0. The molecule has 2 amide bonds. The van der Waals surface area contributed by atoms with Gasteiger partial charge in [0, 0.05) is 38.4 Å². The maximum Gasteiger partial charge on any atom is 0.314 e. The first-order chi connectivity index (χ1) is 12.6. The normalized spacial score (nSPS) is 21.8. The molecule has 144 valence electrons. The highest BCUT2D eigenvalue weighted by Gasteiger charge is 2.23. The third kappa shape index (κ3) is 5.59. The van der Waals surface area contributed by atoms with E-state index in [1.54, 1.807) is 0 Å². The molecule has 2 aliphatic heterocycles. The highest BCUT2D eigenvalue weighted by molar-refractivity contribution is 5.73. The van der Waals surface area contributed by atoms with Crippen molar-refractivity contribution in [2.75, 3.05) is 50.7 Å². The molecule has 2 N–H and O–H groups in total. The number of halogens is 1. The molecule has 0 spiro atoms. The van der Waals surface area contributed by atoms with Crippen molar-refractivity contribution in [2.24, 2.45) is 11.8 Å². The Bertz CT molecular complexity index is 572. The number of nitrogens with zero attached hydrogens (tertiary/aromatic N) is 2. The van der Waals surface area contributed by atoms with E-state index in [-0.39, 0.29) is 11.8 Å². The number of carbonyl (C=O) groups is 1. The van der Waals surface area contributed by atoms with Crippen molar-refractivity contribution in [3.8, 4) is 0 Å². The molecule has 2 heterocycles. The van der Waals surface area contributed by atoms with E-state index in [1.807, 2.05) is 12.1 Å². The van der Waals surface area contributed by atoms with E-state index >= 15 is 0 Å². The maximum absolute atomic E-state index is 13.0. The number of carbonyl (C=O) groups excluding carboxylic acids is 1. The predicted octanol–water partition coefficient (Wildman–Crippen LogP) is 2.68. The zero-order valence-corrected chi connectivity index (χ0v) is 15.7. The van der Waals surface area contributed by atoms with Crippen LogP contribution in [0.5, 0.6) is 0 Å². The van der Waals surface area contributed by atoms with Crippen LogP contribution in [-0.4, -0.2) is 56.7 Å². The largest absolute Gasteiger partial charge is 0.371 e. The molecule has 1 atom stereocenters. The summed E-state index contributed by atoms with van der Waals surface area (Å²) in [6.07, 6.45) is 3.57. The molecular weight excluding hydrogens is 331 g/mol. The lowest BCUT2D eigenvalue weighted by Crippen LogP contribution is -2.43. The van der Waals surface area contributed by atoms with Gasteiger partial charge in [0.1, 0.15) is 5.82 Å². The lowest BCUT2D eigenvalue weighted by molar-refractivity contribution is 0.191. The number of likely N-dealkylation sites (tertiary alicyclic amines) is 1. The van der Waals surface area contributed by atoms with E-state index < -0.39 is 0 Å². The Morgan fingerprint density at radius 3 is 2.58 bits per heavy atom. The minimum Gasteiger partial charge on any atom is -0.371 e. The third-order valence-electron chi connectivity index (χ3n) is 5.62. The predicted molar refractivity (Wildman–Crippen MR) is 103 cm³/mol. The molecule has 1 aromatic rings. The quantitative estimate of drug-likeness (QED) is 0.818. The molecule has 26 heavy (non-hydrogen) atoms. The average Bonchev–Trinajstić information content (AvgIpc) is 3.11. The summed E-state index contributed by atoms with van der Waals surface area (Å²) in [5.41, 5.74) is 1.05. The van der Waals surface area contributed by atoms with E-state index in [0.717, 1.165) is 50.7 Å². The van der Waals surface area contributed by atoms with Crippen LogP contribution in [0, 0.1) is 17.7 Å². The van der Waals surface area contributed by atoms with Crippen LogP contribution in [0.4, 0.5) is 14.9 Å². The molecule has 3 rings (SSSR count). The van der Waals surface area contributed by atoms with E-state index in [9.17, 15) is 9.18 Å². The second-order valence-electron chi connectivity index (χ2n) is 7.74. The van der Waals surface area contributed by atoms with Crippen molar-refractivity contribution < 1.29 is 9.18 Å². The number of amides is 2. The molecule has 0 aromatic heterocycles. The molecule has 2 aliphatic rings.